The van der Waals surface area contributed by atoms with Crippen molar-refractivity contribution in [1.82, 2.24) is 10.2 Å². The van der Waals surface area contributed by atoms with E-state index < -0.39 is 0 Å². The fourth-order valence-corrected chi connectivity index (χ4v) is 3.58. The first-order valence-electron chi connectivity index (χ1n) is 7.87. The Morgan fingerprint density at radius 1 is 1.24 bits per heavy atom. The Balaban J connectivity index is 2.20. The molecule has 118 valence electrons. The van der Waals surface area contributed by atoms with Crippen LogP contribution in [0.15, 0.2) is 18.2 Å². The highest BCUT2D eigenvalue weighted by molar-refractivity contribution is 6.33. The van der Waals surface area contributed by atoms with E-state index in [2.05, 4.69) is 49.2 Å². The lowest BCUT2D eigenvalue weighted by molar-refractivity contribution is 0.0683. The Morgan fingerprint density at radius 2 is 1.95 bits per heavy atom. The number of para-hydroxylation sites is 1. The Hall–Kier alpha value is -0.770. The van der Waals surface area contributed by atoms with E-state index in [0.29, 0.717) is 5.54 Å². The van der Waals surface area contributed by atoms with E-state index in [1.54, 1.807) is 0 Å². The van der Waals surface area contributed by atoms with Crippen LogP contribution in [0.3, 0.4) is 0 Å². The van der Waals surface area contributed by atoms with Crippen LogP contribution in [-0.2, 0) is 6.54 Å². The summed E-state index contributed by atoms with van der Waals surface area (Å²) in [5.41, 5.74) is 2.76. The maximum atomic E-state index is 6.49. The number of rotatable bonds is 7. The summed E-state index contributed by atoms with van der Waals surface area (Å²) >= 11 is 6.49. The molecule has 1 saturated carbocycles. The first-order valence-corrected chi connectivity index (χ1v) is 8.24. The third-order valence-electron chi connectivity index (χ3n) is 4.78. The topological polar surface area (TPSA) is 18.5 Å². The van der Waals surface area contributed by atoms with E-state index in [4.69, 9.17) is 11.6 Å². The fraction of sp³-hybridized carbons (Fsp3) is 0.647. The number of nitrogens with zero attached hydrogens (tertiary/aromatic N) is 2. The van der Waals surface area contributed by atoms with E-state index in [0.717, 1.165) is 24.7 Å². The zero-order valence-corrected chi connectivity index (χ0v) is 14.5. The van der Waals surface area contributed by atoms with Crippen LogP contribution in [0.4, 0.5) is 5.69 Å². The molecular weight excluding hydrogens is 282 g/mol. The molecular formula is C17H28ClN3. The molecule has 1 N–H and O–H groups in total. The Bertz CT molecular complexity index is 469. The van der Waals surface area contributed by atoms with Crippen molar-refractivity contribution in [3.63, 3.8) is 0 Å². The smallest absolute Gasteiger partial charge is 0.0642 e. The highest BCUT2D eigenvalue weighted by Crippen LogP contribution is 2.39. The van der Waals surface area contributed by atoms with Crippen LogP contribution in [0.5, 0.6) is 0 Å². The molecule has 3 nitrogen and oxygen atoms in total. The van der Waals surface area contributed by atoms with Crippen LogP contribution in [0.1, 0.15) is 31.7 Å². The molecule has 21 heavy (non-hydrogen) atoms. The van der Waals surface area contributed by atoms with E-state index in [1.165, 1.54) is 30.5 Å². The summed E-state index contributed by atoms with van der Waals surface area (Å²) in [6.45, 7) is 5.00. The standard InChI is InChI=1S/C17H28ClN3/c1-5-19-12-14-8-6-9-15(18)16(14)21(4)13-17(20(2)3)10-7-11-17/h6,8-9,19H,5,7,10-13H2,1-4H3. The minimum absolute atomic E-state index is 0.309. The summed E-state index contributed by atoms with van der Waals surface area (Å²) in [7, 11) is 6.55. The molecule has 0 atom stereocenters. The van der Waals surface area contributed by atoms with Crippen LogP contribution in [-0.4, -0.2) is 44.7 Å². The van der Waals surface area contributed by atoms with Gasteiger partial charge in [-0.2, -0.15) is 0 Å². The molecule has 2 rings (SSSR count). The number of hydrogen-bond acceptors (Lipinski definition) is 3. The van der Waals surface area contributed by atoms with Gasteiger partial charge in [0.15, 0.2) is 0 Å². The van der Waals surface area contributed by atoms with Crippen molar-refractivity contribution in [3.8, 4) is 0 Å². The zero-order valence-electron chi connectivity index (χ0n) is 13.7. The molecule has 0 heterocycles. The van der Waals surface area contributed by atoms with Gasteiger partial charge in [0.25, 0.3) is 0 Å². The van der Waals surface area contributed by atoms with E-state index in [9.17, 15) is 0 Å². The molecule has 1 aromatic rings. The van der Waals surface area contributed by atoms with Gasteiger partial charge >= 0.3 is 0 Å². The number of nitrogens with one attached hydrogen (secondary N) is 1. The fourth-order valence-electron chi connectivity index (χ4n) is 3.24. The Labute approximate surface area is 134 Å². The van der Waals surface area contributed by atoms with Gasteiger partial charge in [-0.15, -0.1) is 0 Å². The number of benzene rings is 1. The molecule has 0 saturated heterocycles. The summed E-state index contributed by atoms with van der Waals surface area (Å²) in [5, 5.41) is 4.25. The number of halogens is 1. The predicted octanol–water partition coefficient (Wildman–Crippen LogP) is 3.37. The van der Waals surface area contributed by atoms with E-state index in [-0.39, 0.29) is 0 Å². The number of likely N-dealkylation sites (N-methyl/N-ethyl adjacent to an activating group) is 2. The first kappa shape index (κ1) is 16.6. The SMILES string of the molecule is CCNCc1cccc(Cl)c1N(C)CC1(N(C)C)CCC1. The molecule has 0 bridgehead atoms. The molecule has 0 spiro atoms. The van der Waals surface area contributed by atoms with Crippen LogP contribution in [0.2, 0.25) is 5.02 Å². The molecule has 0 aliphatic heterocycles. The van der Waals surface area contributed by atoms with Gasteiger partial charge in [0.2, 0.25) is 0 Å². The summed E-state index contributed by atoms with van der Waals surface area (Å²) in [5.74, 6) is 0. The van der Waals surface area contributed by atoms with E-state index in [1.807, 2.05) is 12.1 Å². The number of hydrogen-bond donors (Lipinski definition) is 1. The molecule has 1 fully saturated rings. The molecule has 1 aliphatic carbocycles. The third-order valence-corrected chi connectivity index (χ3v) is 5.09. The quantitative estimate of drug-likeness (QED) is 0.833. The second-order valence-corrected chi connectivity index (χ2v) is 6.76. The normalized spacial score (nSPS) is 16.9. The van der Waals surface area contributed by atoms with Crippen LogP contribution in [0, 0.1) is 0 Å². The molecule has 1 aromatic carbocycles. The molecule has 0 radical (unpaired) electrons. The van der Waals surface area contributed by atoms with Gasteiger partial charge in [-0.25, -0.2) is 0 Å². The molecule has 0 unspecified atom stereocenters. The molecule has 0 amide bonds. The highest BCUT2D eigenvalue weighted by Gasteiger charge is 2.40. The highest BCUT2D eigenvalue weighted by atomic mass is 35.5. The van der Waals surface area contributed by atoms with Gasteiger partial charge in [0, 0.05) is 25.7 Å². The van der Waals surface area contributed by atoms with Crippen molar-refractivity contribution in [2.75, 3.05) is 39.1 Å². The molecule has 4 heteroatoms. The van der Waals surface area contributed by atoms with Crippen molar-refractivity contribution in [3.05, 3.63) is 28.8 Å². The van der Waals surface area contributed by atoms with Gasteiger partial charge in [-0.1, -0.05) is 30.7 Å². The first-order chi connectivity index (χ1) is 10.00. The minimum Gasteiger partial charge on any atom is -0.371 e. The Morgan fingerprint density at radius 3 is 2.48 bits per heavy atom. The van der Waals surface area contributed by atoms with Crippen LogP contribution >= 0.6 is 11.6 Å². The van der Waals surface area contributed by atoms with Crippen LogP contribution < -0.4 is 10.2 Å². The van der Waals surface area contributed by atoms with Crippen molar-refractivity contribution in [2.45, 2.75) is 38.3 Å². The lowest BCUT2D eigenvalue weighted by Gasteiger charge is -2.49. The summed E-state index contributed by atoms with van der Waals surface area (Å²) in [4.78, 5) is 4.72. The van der Waals surface area contributed by atoms with Gasteiger partial charge in [0.1, 0.15) is 0 Å². The summed E-state index contributed by atoms with van der Waals surface area (Å²) in [6.07, 6.45) is 3.88. The maximum Gasteiger partial charge on any atom is 0.0642 e. The number of anilines is 1. The van der Waals surface area contributed by atoms with Gasteiger partial charge < -0.3 is 15.1 Å². The van der Waals surface area contributed by atoms with Gasteiger partial charge in [-0.3, -0.25) is 0 Å². The molecule has 1 aliphatic rings. The third kappa shape index (κ3) is 3.53. The van der Waals surface area contributed by atoms with Gasteiger partial charge in [0.05, 0.1) is 10.7 Å². The van der Waals surface area contributed by atoms with Crippen LogP contribution in [0.25, 0.3) is 0 Å². The average Bonchev–Trinajstić information content (AvgIpc) is 2.39. The van der Waals surface area contributed by atoms with Gasteiger partial charge in [-0.05, 0) is 51.5 Å². The van der Waals surface area contributed by atoms with Crippen molar-refractivity contribution >= 4 is 17.3 Å². The monoisotopic (exact) mass is 309 g/mol. The minimum atomic E-state index is 0.309. The second-order valence-electron chi connectivity index (χ2n) is 6.36. The lowest BCUT2D eigenvalue weighted by Crippen LogP contribution is -2.56. The zero-order chi connectivity index (χ0) is 15.5. The average molecular weight is 310 g/mol. The maximum absolute atomic E-state index is 6.49. The molecule has 0 aromatic heterocycles. The Kier molecular flexibility index (Phi) is 5.53. The summed E-state index contributed by atoms with van der Waals surface area (Å²) in [6, 6.07) is 6.20. The lowest BCUT2D eigenvalue weighted by atomic mass is 9.75. The second kappa shape index (κ2) is 6.99. The van der Waals surface area contributed by atoms with Crippen molar-refractivity contribution in [1.29, 1.82) is 0 Å². The van der Waals surface area contributed by atoms with Crippen molar-refractivity contribution < 1.29 is 0 Å². The largest absolute Gasteiger partial charge is 0.371 e. The summed E-state index contributed by atoms with van der Waals surface area (Å²) < 4.78 is 0. The predicted molar refractivity (Wildman–Crippen MR) is 92.4 cm³/mol. The van der Waals surface area contributed by atoms with Crippen molar-refractivity contribution in [2.24, 2.45) is 0 Å². The van der Waals surface area contributed by atoms with E-state index >= 15 is 0 Å².